The van der Waals surface area contributed by atoms with Crippen LogP contribution in [0.1, 0.15) is 31.7 Å². The zero-order chi connectivity index (χ0) is 9.80. The van der Waals surface area contributed by atoms with Crippen molar-refractivity contribution in [3.8, 4) is 11.4 Å². The molecule has 2 rings (SSSR count). The highest BCUT2D eigenvalue weighted by atomic mass is 14.9. The molecule has 2 heterocycles. The summed E-state index contributed by atoms with van der Waals surface area (Å²) in [7, 11) is 0. The van der Waals surface area contributed by atoms with Crippen LogP contribution in [-0.2, 0) is 6.42 Å². The molecule has 0 spiro atoms. The maximum atomic E-state index is 4.30. The lowest BCUT2D eigenvalue weighted by molar-refractivity contribution is 0.718. The Labute approximate surface area is 83.9 Å². The van der Waals surface area contributed by atoms with Crippen molar-refractivity contribution in [1.82, 2.24) is 15.0 Å². The van der Waals surface area contributed by atoms with Crippen LogP contribution in [0.4, 0.5) is 0 Å². The van der Waals surface area contributed by atoms with Crippen LogP contribution in [0.2, 0.25) is 0 Å². The lowest BCUT2D eigenvalue weighted by Gasteiger charge is -2.00. The van der Waals surface area contributed by atoms with Crippen molar-refractivity contribution in [2.45, 2.75) is 32.6 Å². The van der Waals surface area contributed by atoms with Crippen molar-refractivity contribution >= 4 is 0 Å². The summed E-state index contributed by atoms with van der Waals surface area (Å²) in [4.78, 5) is 11.4. The van der Waals surface area contributed by atoms with E-state index in [0.717, 1.165) is 12.2 Å². The first-order valence-electron chi connectivity index (χ1n) is 5.17. The van der Waals surface area contributed by atoms with Gasteiger partial charge in [0.05, 0.1) is 6.33 Å². The van der Waals surface area contributed by atoms with Crippen molar-refractivity contribution in [2.24, 2.45) is 0 Å². The molecule has 0 unspecified atom stereocenters. The molecule has 14 heavy (non-hydrogen) atoms. The Morgan fingerprint density at radius 1 is 1.29 bits per heavy atom. The van der Waals surface area contributed by atoms with Gasteiger partial charge in [-0.25, -0.2) is 9.97 Å². The highest BCUT2D eigenvalue weighted by Crippen LogP contribution is 2.22. The van der Waals surface area contributed by atoms with Gasteiger partial charge in [0, 0.05) is 18.0 Å². The van der Waals surface area contributed by atoms with Gasteiger partial charge in [-0.3, -0.25) is 0 Å². The lowest BCUT2D eigenvalue weighted by Crippen LogP contribution is -1.88. The monoisotopic (exact) mass is 189 g/mol. The van der Waals surface area contributed by atoms with Crippen LogP contribution in [0.15, 0.2) is 18.7 Å². The van der Waals surface area contributed by atoms with Gasteiger partial charge in [0.1, 0.15) is 5.82 Å². The van der Waals surface area contributed by atoms with E-state index in [1.807, 2.05) is 12.4 Å². The second kappa shape index (κ2) is 4.22. The average Bonchev–Trinajstić information content (AvgIpc) is 2.63. The number of nitrogens with one attached hydrogen (secondary N) is 1. The molecule has 1 N–H and O–H groups in total. The number of rotatable bonds is 4. The summed E-state index contributed by atoms with van der Waals surface area (Å²) in [6, 6.07) is 0. The van der Waals surface area contributed by atoms with E-state index < -0.39 is 0 Å². The number of aromatic nitrogens is 3. The zero-order valence-corrected chi connectivity index (χ0v) is 8.45. The maximum Gasteiger partial charge on any atom is 0.140 e. The fourth-order valence-corrected chi connectivity index (χ4v) is 1.67. The van der Waals surface area contributed by atoms with Crippen molar-refractivity contribution in [3.05, 3.63) is 24.3 Å². The number of fused-ring (bicyclic) bond motifs is 1. The molecular weight excluding hydrogens is 174 g/mol. The van der Waals surface area contributed by atoms with Gasteiger partial charge in [0.25, 0.3) is 0 Å². The summed E-state index contributed by atoms with van der Waals surface area (Å²) in [5, 5.41) is 0. The van der Waals surface area contributed by atoms with E-state index in [4.69, 9.17) is 0 Å². The van der Waals surface area contributed by atoms with Crippen molar-refractivity contribution in [3.63, 3.8) is 0 Å². The van der Waals surface area contributed by atoms with Gasteiger partial charge in [-0.05, 0) is 18.4 Å². The smallest absolute Gasteiger partial charge is 0.140 e. The van der Waals surface area contributed by atoms with E-state index in [1.165, 1.54) is 30.4 Å². The fraction of sp³-hybridized carbons (Fsp3) is 0.455. The molecule has 0 atom stereocenters. The summed E-state index contributed by atoms with van der Waals surface area (Å²) in [6.45, 7) is 2.22. The maximum absolute atomic E-state index is 4.30. The topological polar surface area (TPSA) is 41.6 Å². The molecule has 0 saturated carbocycles. The summed E-state index contributed by atoms with van der Waals surface area (Å²) in [5.41, 5.74) is 2.49. The minimum Gasteiger partial charge on any atom is -0.331 e. The number of H-pyrrole nitrogens is 1. The van der Waals surface area contributed by atoms with E-state index in [1.54, 1.807) is 6.33 Å². The average molecular weight is 189 g/mol. The molecule has 0 amide bonds. The second-order valence-corrected chi connectivity index (χ2v) is 3.55. The van der Waals surface area contributed by atoms with Gasteiger partial charge in [-0.1, -0.05) is 19.8 Å². The third-order valence-corrected chi connectivity index (χ3v) is 2.48. The number of nitrogens with zero attached hydrogens (tertiary/aromatic N) is 2. The fourth-order valence-electron chi connectivity index (χ4n) is 1.67. The van der Waals surface area contributed by atoms with E-state index >= 15 is 0 Å². The molecule has 0 radical (unpaired) electrons. The third-order valence-electron chi connectivity index (χ3n) is 2.48. The van der Waals surface area contributed by atoms with Crippen LogP contribution in [0.5, 0.6) is 0 Å². The van der Waals surface area contributed by atoms with Crippen molar-refractivity contribution < 1.29 is 0 Å². The molecule has 0 aromatic heterocycles. The molecule has 0 aliphatic carbocycles. The van der Waals surface area contributed by atoms with Gasteiger partial charge in [0.15, 0.2) is 0 Å². The molecule has 2 aliphatic heterocycles. The Morgan fingerprint density at radius 2 is 2.21 bits per heavy atom. The predicted octanol–water partition coefficient (Wildman–Crippen LogP) is 2.64. The molecule has 0 bridgehead atoms. The van der Waals surface area contributed by atoms with Crippen LogP contribution in [-0.4, -0.2) is 15.0 Å². The number of hydrogen-bond acceptors (Lipinski definition) is 2. The molecule has 3 heteroatoms. The molecule has 74 valence electrons. The zero-order valence-electron chi connectivity index (χ0n) is 8.45. The lowest BCUT2D eigenvalue weighted by atomic mass is 10.1. The molecule has 0 saturated heterocycles. The molecule has 2 aliphatic rings. The van der Waals surface area contributed by atoms with E-state index in [9.17, 15) is 0 Å². The summed E-state index contributed by atoms with van der Waals surface area (Å²) >= 11 is 0. The standard InChI is InChI=1S/C11H15N3/c1-2-3-4-5-9-6-13-11-10(9)7-12-8-14-11/h6-8H,2-5H2,1H3,(H,12,13,14). The summed E-state index contributed by atoms with van der Waals surface area (Å²) < 4.78 is 0. The van der Waals surface area contributed by atoms with Gasteiger partial charge in [0.2, 0.25) is 0 Å². The van der Waals surface area contributed by atoms with E-state index in [0.29, 0.717) is 0 Å². The van der Waals surface area contributed by atoms with Crippen molar-refractivity contribution in [2.75, 3.05) is 0 Å². The highest BCUT2D eigenvalue weighted by molar-refractivity contribution is 5.60. The first kappa shape index (κ1) is 9.19. The summed E-state index contributed by atoms with van der Waals surface area (Å²) in [6.07, 6.45) is 10.4. The number of unbranched alkanes of at least 4 members (excludes halogenated alkanes) is 2. The Balaban J connectivity index is 2.11. The van der Waals surface area contributed by atoms with E-state index in [-0.39, 0.29) is 0 Å². The molecule has 3 nitrogen and oxygen atoms in total. The highest BCUT2D eigenvalue weighted by Gasteiger charge is 2.09. The van der Waals surface area contributed by atoms with Gasteiger partial charge in [-0.15, -0.1) is 0 Å². The molecule has 0 aromatic carbocycles. The second-order valence-electron chi connectivity index (χ2n) is 3.55. The number of hydrogen-bond donors (Lipinski definition) is 1. The Bertz CT molecular complexity index is 367. The van der Waals surface area contributed by atoms with E-state index in [2.05, 4.69) is 21.9 Å². The SMILES string of the molecule is CCCCCc1cnc2[nH]cncc1-2. The van der Waals surface area contributed by atoms with Gasteiger partial charge >= 0.3 is 0 Å². The number of aryl methyl sites for hydroxylation is 1. The van der Waals surface area contributed by atoms with Gasteiger partial charge in [-0.2, -0.15) is 0 Å². The molecule has 0 fully saturated rings. The third kappa shape index (κ3) is 1.76. The van der Waals surface area contributed by atoms with Crippen LogP contribution in [0.3, 0.4) is 0 Å². The Hall–Kier alpha value is -1.38. The Morgan fingerprint density at radius 3 is 3.07 bits per heavy atom. The minimum absolute atomic E-state index is 0.950. The quantitative estimate of drug-likeness (QED) is 0.751. The Kier molecular flexibility index (Phi) is 2.77. The number of aromatic amines is 1. The van der Waals surface area contributed by atoms with Crippen molar-refractivity contribution in [1.29, 1.82) is 0 Å². The first-order chi connectivity index (χ1) is 6.92. The largest absolute Gasteiger partial charge is 0.331 e. The molecule has 0 aromatic rings. The van der Waals surface area contributed by atoms with Gasteiger partial charge < -0.3 is 4.98 Å². The normalized spacial score (nSPS) is 10.9. The summed E-state index contributed by atoms with van der Waals surface area (Å²) in [5.74, 6) is 0.950. The van der Waals surface area contributed by atoms with Crippen LogP contribution >= 0.6 is 0 Å². The predicted molar refractivity (Wildman–Crippen MR) is 56.2 cm³/mol. The minimum atomic E-state index is 0.950. The first-order valence-corrected chi connectivity index (χ1v) is 5.17. The van der Waals surface area contributed by atoms with Crippen LogP contribution in [0, 0.1) is 0 Å². The molecular formula is C11H15N3. The van der Waals surface area contributed by atoms with Crippen LogP contribution < -0.4 is 0 Å². The van der Waals surface area contributed by atoms with Crippen LogP contribution in [0.25, 0.3) is 11.4 Å².